The van der Waals surface area contributed by atoms with Crippen molar-refractivity contribution < 1.29 is 29.6 Å². The second-order valence-electron chi connectivity index (χ2n) is 6.85. The Morgan fingerprint density at radius 3 is 1.91 bits per heavy atom. The molecule has 6 nitrogen and oxygen atoms in total. The Morgan fingerprint density at radius 2 is 1.39 bits per heavy atom. The zero-order chi connectivity index (χ0) is 16.8. The van der Waals surface area contributed by atoms with Crippen LogP contribution in [0.2, 0.25) is 0 Å². The summed E-state index contributed by atoms with van der Waals surface area (Å²) in [5.41, 5.74) is 0.133. The molecule has 3 N–H and O–H groups in total. The monoisotopic (exact) mass is 334 g/mol. The summed E-state index contributed by atoms with van der Waals surface area (Å²) < 4.78 is 10.5. The zero-order valence-electron chi connectivity index (χ0n) is 14.9. The topological polar surface area (TPSA) is 104 Å². The molecule has 0 saturated carbocycles. The third-order valence-corrected chi connectivity index (χ3v) is 3.05. The van der Waals surface area contributed by atoms with Crippen LogP contribution >= 0.6 is 0 Å². The van der Waals surface area contributed by atoms with E-state index in [4.69, 9.17) is 14.6 Å². The molecule has 0 heterocycles. The van der Waals surface area contributed by atoms with Crippen LogP contribution in [0.5, 0.6) is 0 Å². The van der Waals surface area contributed by atoms with Crippen molar-refractivity contribution in [1.82, 2.24) is 0 Å². The van der Waals surface area contributed by atoms with Crippen molar-refractivity contribution in [2.75, 3.05) is 19.8 Å². The van der Waals surface area contributed by atoms with Crippen molar-refractivity contribution >= 4 is 11.9 Å². The summed E-state index contributed by atoms with van der Waals surface area (Å²) in [5, 5.41) is 8.50. The number of aliphatic carboxylic acids is 1. The molecule has 23 heavy (non-hydrogen) atoms. The van der Waals surface area contributed by atoms with Gasteiger partial charge in [0.1, 0.15) is 6.61 Å². The van der Waals surface area contributed by atoms with Gasteiger partial charge in [0.15, 0.2) is 0 Å². The lowest BCUT2D eigenvalue weighted by molar-refractivity contribution is -0.145. The van der Waals surface area contributed by atoms with Crippen molar-refractivity contribution in [1.29, 1.82) is 0 Å². The number of ether oxygens (including phenoxy) is 2. The number of rotatable bonds is 13. The predicted molar refractivity (Wildman–Crippen MR) is 89.4 cm³/mol. The fourth-order valence-corrected chi connectivity index (χ4v) is 1.92. The fraction of sp³-hybridized carbons (Fsp3) is 0.882. The third kappa shape index (κ3) is 20.9. The van der Waals surface area contributed by atoms with Crippen molar-refractivity contribution in [2.45, 2.75) is 72.1 Å². The van der Waals surface area contributed by atoms with E-state index in [9.17, 15) is 9.59 Å². The van der Waals surface area contributed by atoms with Gasteiger partial charge in [0.05, 0.1) is 13.2 Å². The van der Waals surface area contributed by atoms with Crippen LogP contribution in [-0.2, 0) is 19.1 Å². The Balaban J connectivity index is 0. The standard InChI is InChI=1S/C17H32O5.H2O/c1-17(2,3)14-21-12-13-22-16(20)11-9-7-5-4-6-8-10-15(18)19;/h4-14H2,1-3H3,(H,18,19);1H2. The van der Waals surface area contributed by atoms with Crippen LogP contribution in [0.1, 0.15) is 72.1 Å². The highest BCUT2D eigenvalue weighted by atomic mass is 16.6. The number of hydrogen-bond acceptors (Lipinski definition) is 4. The maximum atomic E-state index is 11.5. The lowest BCUT2D eigenvalue weighted by atomic mass is 9.99. The average molecular weight is 334 g/mol. The molecule has 0 aromatic heterocycles. The van der Waals surface area contributed by atoms with E-state index in [-0.39, 0.29) is 23.3 Å². The van der Waals surface area contributed by atoms with Gasteiger partial charge >= 0.3 is 11.9 Å². The van der Waals surface area contributed by atoms with Crippen LogP contribution in [-0.4, -0.2) is 42.3 Å². The summed E-state index contributed by atoms with van der Waals surface area (Å²) in [6.45, 7) is 7.73. The van der Waals surface area contributed by atoms with Crippen LogP contribution in [0.15, 0.2) is 0 Å². The van der Waals surface area contributed by atoms with E-state index >= 15 is 0 Å². The normalized spacial score (nSPS) is 10.9. The van der Waals surface area contributed by atoms with Crippen LogP contribution in [0, 0.1) is 5.41 Å². The first-order valence-electron chi connectivity index (χ1n) is 8.26. The molecule has 0 rings (SSSR count). The Bertz CT molecular complexity index is 309. The molecule has 0 radical (unpaired) electrons. The molecule has 0 aromatic carbocycles. The molecular weight excluding hydrogens is 300 g/mol. The molecule has 0 saturated heterocycles. The van der Waals surface area contributed by atoms with E-state index in [0.29, 0.717) is 26.2 Å². The molecule has 0 unspecified atom stereocenters. The molecule has 0 aromatic rings. The van der Waals surface area contributed by atoms with E-state index in [2.05, 4.69) is 20.8 Å². The summed E-state index contributed by atoms with van der Waals surface area (Å²) in [4.78, 5) is 21.8. The van der Waals surface area contributed by atoms with Crippen LogP contribution < -0.4 is 0 Å². The lowest BCUT2D eigenvalue weighted by Gasteiger charge is -2.17. The zero-order valence-corrected chi connectivity index (χ0v) is 14.9. The van der Waals surface area contributed by atoms with Gasteiger partial charge in [0.2, 0.25) is 0 Å². The molecule has 6 heteroatoms. The van der Waals surface area contributed by atoms with Crippen LogP contribution in [0.4, 0.5) is 0 Å². The van der Waals surface area contributed by atoms with Crippen molar-refractivity contribution in [2.24, 2.45) is 5.41 Å². The van der Waals surface area contributed by atoms with E-state index in [1.54, 1.807) is 0 Å². The minimum atomic E-state index is -0.728. The SMILES string of the molecule is CC(C)(C)COCCOC(=O)CCCCCCCCC(=O)O.O. The second-order valence-corrected chi connectivity index (χ2v) is 6.85. The predicted octanol–water partition coefficient (Wildman–Crippen LogP) is 2.97. The number of hydrogen-bond donors (Lipinski definition) is 1. The van der Waals surface area contributed by atoms with E-state index < -0.39 is 5.97 Å². The molecule has 0 amide bonds. The first-order chi connectivity index (χ1) is 10.3. The molecule has 0 spiro atoms. The average Bonchev–Trinajstić information content (AvgIpc) is 2.39. The number of carbonyl (C=O) groups excluding carboxylic acids is 1. The first-order valence-corrected chi connectivity index (χ1v) is 8.26. The van der Waals surface area contributed by atoms with Crippen molar-refractivity contribution in [3.63, 3.8) is 0 Å². The number of esters is 1. The van der Waals surface area contributed by atoms with Crippen LogP contribution in [0.25, 0.3) is 0 Å². The fourth-order valence-electron chi connectivity index (χ4n) is 1.92. The summed E-state index contributed by atoms with van der Waals surface area (Å²) >= 11 is 0. The second kappa shape index (κ2) is 14.5. The van der Waals surface area contributed by atoms with Gasteiger partial charge in [0, 0.05) is 12.8 Å². The molecule has 0 bridgehead atoms. The highest BCUT2D eigenvalue weighted by Crippen LogP contribution is 2.12. The first kappa shape index (κ1) is 24.1. The van der Waals surface area contributed by atoms with Gasteiger partial charge in [-0.25, -0.2) is 0 Å². The van der Waals surface area contributed by atoms with Gasteiger partial charge in [-0.15, -0.1) is 0 Å². The van der Waals surface area contributed by atoms with Gasteiger partial charge in [-0.3, -0.25) is 9.59 Å². The van der Waals surface area contributed by atoms with E-state index in [0.717, 1.165) is 38.5 Å². The van der Waals surface area contributed by atoms with Gasteiger partial charge in [-0.2, -0.15) is 0 Å². The minimum absolute atomic E-state index is 0. The van der Waals surface area contributed by atoms with Gasteiger partial charge in [-0.05, 0) is 18.3 Å². The maximum Gasteiger partial charge on any atom is 0.305 e. The maximum absolute atomic E-state index is 11.5. The smallest absolute Gasteiger partial charge is 0.305 e. The number of carboxylic acids is 1. The molecule has 0 aliphatic carbocycles. The molecule has 0 aliphatic heterocycles. The highest BCUT2D eigenvalue weighted by Gasteiger charge is 2.10. The van der Waals surface area contributed by atoms with Gasteiger partial charge in [-0.1, -0.05) is 46.5 Å². The molecule has 138 valence electrons. The number of unbranched alkanes of at least 4 members (excludes halogenated alkanes) is 5. The molecule has 0 fully saturated rings. The van der Waals surface area contributed by atoms with Gasteiger partial charge in [0.25, 0.3) is 0 Å². The largest absolute Gasteiger partial charge is 0.481 e. The Hall–Kier alpha value is -1.14. The Kier molecular flexibility index (Phi) is 15.2. The van der Waals surface area contributed by atoms with Crippen LogP contribution in [0.3, 0.4) is 0 Å². The van der Waals surface area contributed by atoms with E-state index in [1.165, 1.54) is 0 Å². The third-order valence-electron chi connectivity index (χ3n) is 3.05. The summed E-state index contributed by atoms with van der Waals surface area (Å²) in [6, 6.07) is 0. The lowest BCUT2D eigenvalue weighted by Crippen LogP contribution is -2.18. The molecule has 0 aliphatic rings. The molecular formula is C17H34O6. The van der Waals surface area contributed by atoms with Crippen molar-refractivity contribution in [3.05, 3.63) is 0 Å². The minimum Gasteiger partial charge on any atom is -0.481 e. The van der Waals surface area contributed by atoms with E-state index in [1.807, 2.05) is 0 Å². The van der Waals surface area contributed by atoms with Crippen molar-refractivity contribution in [3.8, 4) is 0 Å². The Morgan fingerprint density at radius 1 is 0.870 bits per heavy atom. The highest BCUT2D eigenvalue weighted by molar-refractivity contribution is 5.69. The summed E-state index contributed by atoms with van der Waals surface area (Å²) in [5.74, 6) is -0.889. The summed E-state index contributed by atoms with van der Waals surface area (Å²) in [7, 11) is 0. The quantitative estimate of drug-likeness (QED) is 0.412. The summed E-state index contributed by atoms with van der Waals surface area (Å²) in [6.07, 6.45) is 6.29. The number of carbonyl (C=O) groups is 2. The van der Waals surface area contributed by atoms with Gasteiger partial charge < -0.3 is 20.1 Å². The number of carboxylic acid groups (broad SMARTS) is 1. The Labute approximate surface area is 139 Å². The molecule has 0 atom stereocenters.